The van der Waals surface area contributed by atoms with Crippen LogP contribution in [0.3, 0.4) is 0 Å². The molecule has 0 heterocycles. The summed E-state index contributed by atoms with van der Waals surface area (Å²) in [5.74, 6) is 0.0764. The van der Waals surface area contributed by atoms with Gasteiger partial charge in [-0.15, -0.1) is 0 Å². The minimum absolute atomic E-state index is 0.0764. The average molecular weight is 249 g/mol. The second-order valence-electron chi connectivity index (χ2n) is 2.16. The number of hydrogen-bond acceptors (Lipinski definition) is 2. The molecular weight excluding hydrogens is 241 g/mol. The monoisotopic (exact) mass is 247 g/mol. The Morgan fingerprint density at radius 1 is 1.58 bits per heavy atom. The highest BCUT2D eigenvalue weighted by Crippen LogP contribution is 2.21. The van der Waals surface area contributed by atoms with Crippen LogP contribution in [-0.2, 0) is 4.74 Å². The summed E-state index contributed by atoms with van der Waals surface area (Å²) in [5, 5.41) is 7.88. The number of benzene rings is 1. The Kier molecular flexibility index (Phi) is 3.12. The maximum absolute atomic E-state index is 7.37. The van der Waals surface area contributed by atoms with Crippen molar-refractivity contribution in [3.05, 3.63) is 33.3 Å². The lowest BCUT2D eigenvalue weighted by atomic mass is 10.2. The van der Waals surface area contributed by atoms with E-state index in [-0.39, 0.29) is 5.90 Å². The number of ether oxygens (including phenoxy) is 1. The molecule has 1 aromatic rings. The Morgan fingerprint density at radius 2 is 2.25 bits per heavy atom. The van der Waals surface area contributed by atoms with Crippen molar-refractivity contribution in [2.75, 3.05) is 7.11 Å². The molecule has 0 radical (unpaired) electrons. The predicted molar refractivity (Wildman–Crippen MR) is 53.0 cm³/mol. The lowest BCUT2D eigenvalue weighted by Gasteiger charge is -2.04. The summed E-state index contributed by atoms with van der Waals surface area (Å²) >= 11 is 9.12. The highest BCUT2D eigenvalue weighted by Gasteiger charge is 2.05. The molecule has 0 aliphatic rings. The van der Waals surface area contributed by atoms with E-state index >= 15 is 0 Å². The third kappa shape index (κ3) is 1.99. The zero-order valence-electron chi connectivity index (χ0n) is 6.40. The fraction of sp³-hybridized carbons (Fsp3) is 0.125. The maximum Gasteiger partial charge on any atom is 0.214 e. The van der Waals surface area contributed by atoms with E-state index < -0.39 is 0 Å². The summed E-state index contributed by atoms with van der Waals surface area (Å²) in [5.41, 5.74) is 0.599. The van der Waals surface area contributed by atoms with Gasteiger partial charge in [-0.2, -0.15) is 0 Å². The summed E-state index contributed by atoms with van der Waals surface area (Å²) in [6.45, 7) is 0. The topological polar surface area (TPSA) is 33.1 Å². The summed E-state index contributed by atoms with van der Waals surface area (Å²) in [6, 6.07) is 5.28. The van der Waals surface area contributed by atoms with Gasteiger partial charge in [0.15, 0.2) is 0 Å². The van der Waals surface area contributed by atoms with Gasteiger partial charge in [-0.25, -0.2) is 0 Å². The third-order valence-corrected chi connectivity index (χ3v) is 2.19. The van der Waals surface area contributed by atoms with E-state index in [1.54, 1.807) is 12.1 Å². The predicted octanol–water partition coefficient (Wildman–Crippen LogP) is 3.07. The van der Waals surface area contributed by atoms with Gasteiger partial charge >= 0.3 is 0 Å². The van der Waals surface area contributed by atoms with Crippen LogP contribution in [0.4, 0.5) is 0 Å². The highest BCUT2D eigenvalue weighted by molar-refractivity contribution is 9.10. The lowest BCUT2D eigenvalue weighted by molar-refractivity contribution is 0.401. The molecule has 64 valence electrons. The van der Waals surface area contributed by atoms with E-state index in [0.29, 0.717) is 10.6 Å². The fourth-order valence-electron chi connectivity index (χ4n) is 0.784. The molecule has 0 aromatic heterocycles. The van der Waals surface area contributed by atoms with E-state index in [1.807, 2.05) is 6.07 Å². The number of nitrogens with one attached hydrogen (secondary N) is 1. The van der Waals surface area contributed by atoms with Crippen molar-refractivity contribution < 1.29 is 4.74 Å². The Labute approximate surface area is 84.1 Å². The standard InChI is InChI=1S/C8H7BrClNO/c1-12-8(11)6-3-2-5(9)4-7(6)10/h2-4,11H,1H3. The van der Waals surface area contributed by atoms with Gasteiger partial charge in [-0.05, 0) is 18.2 Å². The van der Waals surface area contributed by atoms with Gasteiger partial charge in [-0.3, -0.25) is 5.41 Å². The van der Waals surface area contributed by atoms with Crippen LogP contribution in [0.15, 0.2) is 22.7 Å². The molecule has 0 saturated carbocycles. The largest absolute Gasteiger partial charge is 0.481 e. The van der Waals surface area contributed by atoms with Crippen molar-refractivity contribution in [2.24, 2.45) is 0 Å². The first-order valence-corrected chi connectivity index (χ1v) is 4.40. The summed E-state index contributed by atoms with van der Waals surface area (Å²) in [7, 11) is 1.45. The Balaban J connectivity index is 3.09. The quantitative estimate of drug-likeness (QED) is 0.601. The molecule has 12 heavy (non-hydrogen) atoms. The summed E-state index contributed by atoms with van der Waals surface area (Å²) in [4.78, 5) is 0. The van der Waals surface area contributed by atoms with Crippen LogP contribution in [0, 0.1) is 5.41 Å². The molecule has 4 heteroatoms. The number of methoxy groups -OCH3 is 1. The van der Waals surface area contributed by atoms with Crippen molar-refractivity contribution in [3.8, 4) is 0 Å². The minimum atomic E-state index is 0.0764. The molecule has 0 amide bonds. The van der Waals surface area contributed by atoms with Gasteiger partial charge in [0.1, 0.15) is 0 Å². The molecule has 0 unspecified atom stereocenters. The number of hydrogen-bond donors (Lipinski definition) is 1. The molecular formula is C8H7BrClNO. The van der Waals surface area contributed by atoms with Crippen LogP contribution < -0.4 is 0 Å². The molecule has 0 spiro atoms. The van der Waals surface area contributed by atoms with Gasteiger partial charge in [0, 0.05) is 4.47 Å². The first-order valence-electron chi connectivity index (χ1n) is 3.23. The van der Waals surface area contributed by atoms with Gasteiger partial charge in [0.25, 0.3) is 0 Å². The van der Waals surface area contributed by atoms with Crippen LogP contribution in [-0.4, -0.2) is 13.0 Å². The number of halogens is 2. The normalized spacial score (nSPS) is 9.58. The van der Waals surface area contributed by atoms with Crippen molar-refractivity contribution in [1.29, 1.82) is 5.41 Å². The van der Waals surface area contributed by atoms with Gasteiger partial charge in [-0.1, -0.05) is 27.5 Å². The van der Waals surface area contributed by atoms with Crippen LogP contribution >= 0.6 is 27.5 Å². The Bertz CT molecular complexity index is 314. The zero-order valence-corrected chi connectivity index (χ0v) is 8.74. The number of rotatable bonds is 1. The smallest absolute Gasteiger partial charge is 0.214 e. The van der Waals surface area contributed by atoms with Crippen molar-refractivity contribution in [3.63, 3.8) is 0 Å². The molecule has 0 atom stereocenters. The van der Waals surface area contributed by atoms with E-state index in [2.05, 4.69) is 15.9 Å². The van der Waals surface area contributed by atoms with Crippen molar-refractivity contribution in [1.82, 2.24) is 0 Å². The SMILES string of the molecule is COC(=N)c1ccc(Br)cc1Cl. The maximum atomic E-state index is 7.37. The van der Waals surface area contributed by atoms with Crippen LogP contribution in [0.25, 0.3) is 0 Å². The minimum Gasteiger partial charge on any atom is -0.481 e. The molecule has 1 aromatic carbocycles. The van der Waals surface area contributed by atoms with Crippen LogP contribution in [0.2, 0.25) is 5.02 Å². The van der Waals surface area contributed by atoms with Crippen molar-refractivity contribution in [2.45, 2.75) is 0 Å². The zero-order chi connectivity index (χ0) is 9.14. The van der Waals surface area contributed by atoms with E-state index in [1.165, 1.54) is 7.11 Å². The van der Waals surface area contributed by atoms with Crippen molar-refractivity contribution >= 4 is 33.4 Å². The van der Waals surface area contributed by atoms with Gasteiger partial charge < -0.3 is 4.74 Å². The second-order valence-corrected chi connectivity index (χ2v) is 3.48. The molecule has 2 nitrogen and oxygen atoms in total. The lowest BCUT2D eigenvalue weighted by Crippen LogP contribution is -2.01. The van der Waals surface area contributed by atoms with Crippen LogP contribution in [0.5, 0.6) is 0 Å². The molecule has 1 rings (SSSR count). The highest BCUT2D eigenvalue weighted by atomic mass is 79.9. The Hall–Kier alpha value is -0.540. The van der Waals surface area contributed by atoms with Crippen LogP contribution in [0.1, 0.15) is 5.56 Å². The molecule has 1 N–H and O–H groups in total. The molecule has 0 fully saturated rings. The first kappa shape index (κ1) is 9.55. The second kappa shape index (κ2) is 3.92. The van der Waals surface area contributed by atoms with E-state index in [9.17, 15) is 0 Å². The summed E-state index contributed by atoms with van der Waals surface area (Å²) in [6.07, 6.45) is 0. The molecule has 0 aliphatic heterocycles. The molecule has 0 aliphatic carbocycles. The third-order valence-electron chi connectivity index (χ3n) is 1.38. The van der Waals surface area contributed by atoms with Gasteiger partial charge in [0.2, 0.25) is 5.90 Å². The Morgan fingerprint density at radius 3 is 2.75 bits per heavy atom. The average Bonchev–Trinajstić information content (AvgIpc) is 2.03. The van der Waals surface area contributed by atoms with E-state index in [0.717, 1.165) is 4.47 Å². The summed E-state index contributed by atoms with van der Waals surface area (Å²) < 4.78 is 5.63. The van der Waals surface area contributed by atoms with E-state index in [4.69, 9.17) is 21.7 Å². The molecule has 0 bridgehead atoms. The van der Waals surface area contributed by atoms with Gasteiger partial charge in [0.05, 0.1) is 17.7 Å². The first-order chi connectivity index (χ1) is 5.65. The fourth-order valence-corrected chi connectivity index (χ4v) is 1.54. The molecule has 0 saturated heterocycles.